The van der Waals surface area contributed by atoms with Crippen LogP contribution < -0.4 is 0 Å². The normalized spacial score (nSPS) is 21.0. The van der Waals surface area contributed by atoms with Crippen molar-refractivity contribution in [1.82, 2.24) is 4.90 Å². The van der Waals surface area contributed by atoms with E-state index in [4.69, 9.17) is 0 Å². The predicted molar refractivity (Wildman–Crippen MR) is 38.5 cm³/mol. The molecule has 1 aliphatic heterocycles. The summed E-state index contributed by atoms with van der Waals surface area (Å²) in [6, 6.07) is 0. The summed E-state index contributed by atoms with van der Waals surface area (Å²) in [7, 11) is 0. The zero-order valence-electron chi connectivity index (χ0n) is 4.93. The van der Waals surface area contributed by atoms with Gasteiger partial charge in [0.15, 0.2) is 0 Å². The minimum atomic E-state index is 0.934. The van der Waals surface area contributed by atoms with E-state index >= 15 is 0 Å². The third kappa shape index (κ3) is 1.48. The maximum atomic E-state index is 3.90. The molecule has 0 aromatic carbocycles. The van der Waals surface area contributed by atoms with E-state index in [0.717, 1.165) is 6.54 Å². The van der Waals surface area contributed by atoms with Crippen molar-refractivity contribution < 1.29 is 0 Å². The molecule has 1 aliphatic rings. The molecule has 0 amide bonds. The third-order valence-electron chi connectivity index (χ3n) is 1.49. The molecule has 0 spiro atoms. The molecule has 0 atom stereocenters. The number of nitrogens with zero attached hydrogens (tertiary/aromatic N) is 1. The van der Waals surface area contributed by atoms with Gasteiger partial charge in [0.25, 0.3) is 0 Å². The highest BCUT2D eigenvalue weighted by Crippen LogP contribution is 2.05. The van der Waals surface area contributed by atoms with Crippen LogP contribution in [0.4, 0.5) is 0 Å². The molecule has 0 radical (unpaired) electrons. The SMILES string of the molecule is [SH]#CCN1CCCC1. The molecular weight excluding hydrogens is 118 g/mol. The van der Waals surface area contributed by atoms with Crippen LogP contribution in [-0.2, 0) is 0 Å². The molecule has 0 aliphatic carbocycles. The Bertz CT molecular complexity index is 99.6. The molecule has 2 heteroatoms. The average molecular weight is 129 g/mol. The standard InChI is InChI=1S/C6H11NS/c8-6-5-7-3-1-2-4-7/h8H,1-5H2. The zero-order chi connectivity index (χ0) is 5.82. The first kappa shape index (κ1) is 6.09. The molecule has 1 fully saturated rings. The summed E-state index contributed by atoms with van der Waals surface area (Å²) in [6.45, 7) is 3.42. The topological polar surface area (TPSA) is 3.24 Å². The van der Waals surface area contributed by atoms with E-state index in [0.29, 0.717) is 0 Å². The van der Waals surface area contributed by atoms with Gasteiger partial charge in [-0.3, -0.25) is 4.90 Å². The van der Waals surface area contributed by atoms with Crippen molar-refractivity contribution in [2.75, 3.05) is 19.6 Å². The van der Waals surface area contributed by atoms with Crippen molar-refractivity contribution in [3.63, 3.8) is 0 Å². The maximum Gasteiger partial charge on any atom is 0.0620 e. The lowest BCUT2D eigenvalue weighted by atomic mass is 10.4. The van der Waals surface area contributed by atoms with E-state index in [-0.39, 0.29) is 0 Å². The van der Waals surface area contributed by atoms with Crippen LogP contribution in [0.15, 0.2) is 0 Å². The van der Waals surface area contributed by atoms with Crippen molar-refractivity contribution in [3.05, 3.63) is 0 Å². The van der Waals surface area contributed by atoms with Crippen LogP contribution in [0, 0.1) is 5.18 Å². The van der Waals surface area contributed by atoms with Crippen LogP contribution in [0.1, 0.15) is 12.8 Å². The van der Waals surface area contributed by atoms with E-state index < -0.39 is 0 Å². The van der Waals surface area contributed by atoms with Gasteiger partial charge >= 0.3 is 0 Å². The molecule has 0 N–H and O–H groups in total. The lowest BCUT2D eigenvalue weighted by Crippen LogP contribution is -2.18. The van der Waals surface area contributed by atoms with Gasteiger partial charge in [0, 0.05) is 0 Å². The molecule has 1 heterocycles. The second-order valence-electron chi connectivity index (χ2n) is 2.14. The van der Waals surface area contributed by atoms with Crippen molar-refractivity contribution in [1.29, 1.82) is 0 Å². The van der Waals surface area contributed by atoms with Gasteiger partial charge in [-0.05, 0) is 25.9 Å². The molecular formula is C6H11NS. The molecule has 1 rings (SSSR count). The Kier molecular flexibility index (Phi) is 2.34. The molecule has 1 saturated heterocycles. The van der Waals surface area contributed by atoms with Gasteiger partial charge in [-0.15, -0.1) is 0 Å². The molecule has 0 aromatic rings. The fourth-order valence-corrected chi connectivity index (χ4v) is 1.24. The zero-order valence-corrected chi connectivity index (χ0v) is 5.82. The van der Waals surface area contributed by atoms with Crippen LogP contribution in [0.25, 0.3) is 0 Å². The van der Waals surface area contributed by atoms with Gasteiger partial charge in [-0.25, -0.2) is 0 Å². The Morgan fingerprint density at radius 1 is 1.38 bits per heavy atom. The molecule has 0 aromatic heterocycles. The highest BCUT2D eigenvalue weighted by Gasteiger charge is 2.08. The fraction of sp³-hybridized carbons (Fsp3) is 0.833. The Balaban J connectivity index is 2.17. The van der Waals surface area contributed by atoms with Crippen LogP contribution in [-0.4, -0.2) is 24.5 Å². The lowest BCUT2D eigenvalue weighted by Gasteiger charge is -2.07. The Morgan fingerprint density at radius 3 is 2.50 bits per heavy atom. The van der Waals surface area contributed by atoms with Crippen molar-refractivity contribution in [2.45, 2.75) is 12.8 Å². The van der Waals surface area contributed by atoms with E-state index in [1.807, 2.05) is 0 Å². The Labute approximate surface area is 55.3 Å². The Morgan fingerprint density at radius 2 is 2.00 bits per heavy atom. The monoisotopic (exact) mass is 129 g/mol. The van der Waals surface area contributed by atoms with E-state index in [1.165, 1.54) is 25.9 Å². The highest BCUT2D eigenvalue weighted by molar-refractivity contribution is 7.68. The average Bonchev–Trinajstić information content (AvgIpc) is 2.19. The molecule has 0 bridgehead atoms. The third-order valence-corrected chi connectivity index (χ3v) is 1.63. The number of hydrogen-bond acceptors (Lipinski definition) is 1. The van der Waals surface area contributed by atoms with Gasteiger partial charge in [0.2, 0.25) is 0 Å². The molecule has 1 nitrogen and oxygen atoms in total. The number of thiol groups is 1. The van der Waals surface area contributed by atoms with E-state index in [2.05, 4.69) is 22.1 Å². The maximum absolute atomic E-state index is 3.90. The van der Waals surface area contributed by atoms with Gasteiger partial charge in [-0.1, -0.05) is 5.18 Å². The van der Waals surface area contributed by atoms with Gasteiger partial charge < -0.3 is 0 Å². The summed E-state index contributed by atoms with van der Waals surface area (Å²) in [5, 5.41) is 2.83. The minimum Gasteiger partial charge on any atom is -0.292 e. The van der Waals surface area contributed by atoms with Crippen molar-refractivity contribution in [2.24, 2.45) is 0 Å². The van der Waals surface area contributed by atoms with Crippen LogP contribution >= 0.6 is 12.0 Å². The summed E-state index contributed by atoms with van der Waals surface area (Å²) in [5.41, 5.74) is 0. The number of likely N-dealkylation sites (tertiary alicyclic amines) is 1. The quantitative estimate of drug-likeness (QED) is 0.516. The predicted octanol–water partition coefficient (Wildman–Crippen LogP) is 0.971. The van der Waals surface area contributed by atoms with Gasteiger partial charge in [-0.2, -0.15) is 12.0 Å². The molecule has 46 valence electrons. The lowest BCUT2D eigenvalue weighted by molar-refractivity contribution is 0.384. The van der Waals surface area contributed by atoms with Crippen molar-refractivity contribution >= 4 is 12.0 Å². The summed E-state index contributed by atoms with van der Waals surface area (Å²) in [6.07, 6.45) is 2.71. The van der Waals surface area contributed by atoms with Crippen LogP contribution in [0.5, 0.6) is 0 Å². The first-order valence-electron chi connectivity index (χ1n) is 3.03. The summed E-state index contributed by atoms with van der Waals surface area (Å²) >= 11 is 3.90. The molecule has 8 heavy (non-hydrogen) atoms. The van der Waals surface area contributed by atoms with Crippen molar-refractivity contribution in [3.8, 4) is 5.18 Å². The minimum absolute atomic E-state index is 0.934. The van der Waals surface area contributed by atoms with Crippen LogP contribution in [0.3, 0.4) is 0 Å². The second kappa shape index (κ2) is 3.08. The summed E-state index contributed by atoms with van der Waals surface area (Å²) in [4.78, 5) is 2.35. The summed E-state index contributed by atoms with van der Waals surface area (Å²) < 4.78 is 0. The fourth-order valence-electron chi connectivity index (χ4n) is 1.04. The first-order valence-corrected chi connectivity index (χ1v) is 3.47. The first-order chi connectivity index (χ1) is 3.93. The molecule has 0 saturated carbocycles. The van der Waals surface area contributed by atoms with Crippen LogP contribution in [0.2, 0.25) is 0 Å². The van der Waals surface area contributed by atoms with E-state index in [9.17, 15) is 0 Å². The van der Waals surface area contributed by atoms with E-state index in [1.54, 1.807) is 0 Å². The van der Waals surface area contributed by atoms with Gasteiger partial charge in [0.1, 0.15) is 0 Å². The Hall–Kier alpha value is -0.0400. The smallest absolute Gasteiger partial charge is 0.0620 e. The summed E-state index contributed by atoms with van der Waals surface area (Å²) in [5.74, 6) is 0. The highest BCUT2D eigenvalue weighted by atomic mass is 32.1. The second-order valence-corrected chi connectivity index (χ2v) is 2.46. The largest absolute Gasteiger partial charge is 0.292 e. The van der Waals surface area contributed by atoms with Gasteiger partial charge in [0.05, 0.1) is 6.54 Å². The number of hydrogen-bond donors (Lipinski definition) is 1. The number of rotatable bonds is 1. The molecule has 0 unspecified atom stereocenters.